The van der Waals surface area contributed by atoms with E-state index in [1.54, 1.807) is 61.2 Å². The molecule has 1 N–H and O–H groups in total. The summed E-state index contributed by atoms with van der Waals surface area (Å²) in [6.07, 6.45) is 16.6. The average molecular weight is 2500 g/mol. The molecule has 0 spiro atoms. The van der Waals surface area contributed by atoms with E-state index in [0.29, 0.717) is 5.69 Å². The number of para-hydroxylation sites is 2. The zero-order chi connectivity index (χ0) is 90.7. The minimum atomic E-state index is -0.649. The van der Waals surface area contributed by atoms with Crippen LogP contribution < -0.4 is 9.80 Å². The number of aliphatic imine (C=N–C) groups is 4. The second-order valence-electron chi connectivity index (χ2n) is 31.4. The molecule has 0 fully saturated rings. The van der Waals surface area contributed by atoms with Crippen molar-refractivity contribution in [2.24, 2.45) is 20.0 Å². The average Bonchev–Trinajstić information content (AvgIpc) is 1.58. The molecule has 0 saturated heterocycles. The van der Waals surface area contributed by atoms with E-state index < -0.39 is 11.6 Å². The zero-order valence-corrected chi connectivity index (χ0v) is 82.4. The number of hydrogen-bond donors (Lipinski definition) is 1. The number of anilines is 4. The molecule has 23 rings (SSSR count). The van der Waals surface area contributed by atoms with Crippen molar-refractivity contribution in [3.63, 3.8) is 0 Å². The first-order valence-corrected chi connectivity index (χ1v) is 42.4. The number of allylic oxidation sites excluding steroid dienone is 6. The van der Waals surface area contributed by atoms with Gasteiger partial charge in [0.2, 0.25) is 0 Å². The molecule has 0 unspecified atom stereocenters. The van der Waals surface area contributed by atoms with E-state index in [1.165, 1.54) is 99.4 Å². The molecule has 0 aliphatic carbocycles. The second-order valence-corrected chi connectivity index (χ2v) is 31.4. The van der Waals surface area contributed by atoms with Gasteiger partial charge in [0.1, 0.15) is 0 Å². The first-order valence-electron chi connectivity index (χ1n) is 42.4. The molecule has 4 aromatic heterocycles. The van der Waals surface area contributed by atoms with Crippen LogP contribution in [0, 0.1) is 53.4 Å². The molecule has 14 aromatic carbocycles. The van der Waals surface area contributed by atoms with E-state index in [9.17, 15) is 26.7 Å². The molecule has 8 bridgehead atoms. The maximum absolute atomic E-state index is 13.2. The number of benzene rings is 14. The Morgan fingerprint density at radius 1 is 0.309 bits per heavy atom. The molecule has 5 aliphatic rings. The number of ketones is 1. The number of rotatable bonds is 9. The summed E-state index contributed by atoms with van der Waals surface area (Å²) in [7, 11) is 3.93. The molecular weight excluding hydrogens is 2420 g/mol. The predicted molar refractivity (Wildman–Crippen MR) is 524 cm³/mol. The Bertz CT molecular complexity index is 7260. The molecule has 3 radical (unpaired) electrons. The van der Waals surface area contributed by atoms with Crippen LogP contribution in [-0.2, 0) is 86.2 Å². The first-order chi connectivity index (χ1) is 64.4. The van der Waals surface area contributed by atoms with Gasteiger partial charge in [-0.2, -0.15) is 0 Å². The fourth-order valence-electron chi connectivity index (χ4n) is 15.9. The van der Waals surface area contributed by atoms with Crippen LogP contribution in [0.1, 0.15) is 58.4 Å². The zero-order valence-electron chi connectivity index (χ0n) is 73.0. The van der Waals surface area contributed by atoms with Gasteiger partial charge >= 0.3 is 0 Å². The van der Waals surface area contributed by atoms with E-state index in [2.05, 4.69) is 243 Å². The van der Waals surface area contributed by atoms with E-state index >= 15 is 0 Å². The number of aliphatic hydroxyl groups is 1. The van der Waals surface area contributed by atoms with Gasteiger partial charge in [0.25, 0.3) is 0 Å². The number of carbonyl (C=O) groups is 1. The van der Waals surface area contributed by atoms with E-state index in [-0.39, 0.29) is 116 Å². The van der Waals surface area contributed by atoms with Crippen molar-refractivity contribution in [1.29, 1.82) is 0 Å². The number of aromatic nitrogens is 4. The molecule has 12 nitrogen and oxygen atoms in total. The van der Waals surface area contributed by atoms with Gasteiger partial charge in [0.05, 0.1) is 51.4 Å². The van der Waals surface area contributed by atoms with Crippen LogP contribution in [0.15, 0.2) is 415 Å². The molecule has 675 valence electrons. The fourth-order valence-corrected chi connectivity index (χ4v) is 15.9. The molecular formula is C115H77F5Ir3N10O2Pt-4. The van der Waals surface area contributed by atoms with Crippen LogP contribution >= 0.6 is 0 Å². The third kappa shape index (κ3) is 22.6. The summed E-state index contributed by atoms with van der Waals surface area (Å²) in [5, 5.41) is 17.8. The summed E-state index contributed by atoms with van der Waals surface area (Å²) in [5.41, 5.74) is 25.4. The summed E-state index contributed by atoms with van der Waals surface area (Å²) in [6, 6.07) is 117. The van der Waals surface area contributed by atoms with E-state index in [1.807, 2.05) is 97.9 Å². The SMILES string of the molecule is C1=C2N=C(C=C3N=C(C=C4N=C(C=C5N=C1c1cc6ccccc6cc15)c1cc5ccccc5cc14)c1cc4ccccc4cc13)c1cc3ccccc3cc12.CC(=O)C=C(C)O.CN(C)c1ccnc(-c2[c-]cc(F)cc2)c1.Fc1c[c-]c(-c2cc(N(c3ccccc3)c3ccccc3)ccn2)cc1.Fc1c[c-]c(-c2ccccn2)c(F)c1.Fc1c[c-]c(-c2ccccn2)cc1.[Ir].[Ir].[Ir].[Pt]. The van der Waals surface area contributed by atoms with Gasteiger partial charge in [-0.25, -0.2) is 20.0 Å². The third-order valence-corrected chi connectivity index (χ3v) is 22.1. The topological polar surface area (TPSA) is 145 Å². The third-order valence-electron chi connectivity index (χ3n) is 22.1. The Balaban J connectivity index is 0.000000153. The molecule has 5 aliphatic heterocycles. The minimum absolute atomic E-state index is 0. The fraction of sp³-hybridized carbons (Fsp3) is 0.0348. The summed E-state index contributed by atoms with van der Waals surface area (Å²) in [6.45, 7) is 2.85. The normalized spacial score (nSPS) is 12.4. The van der Waals surface area contributed by atoms with Crippen molar-refractivity contribution < 1.29 is 113 Å². The van der Waals surface area contributed by atoms with Crippen LogP contribution in [0.2, 0.25) is 0 Å². The molecule has 136 heavy (non-hydrogen) atoms. The largest absolute Gasteiger partial charge is 0.512 e. The van der Waals surface area contributed by atoms with Gasteiger partial charge < -0.3 is 34.8 Å². The summed E-state index contributed by atoms with van der Waals surface area (Å²) >= 11 is 0. The standard InChI is InChI=1S/C52H28N4.C23H16FN2.C13H12FN2.C11H6F2N.C11H7FN.C5H8O2.3Ir.Pt/c1-2-10-30-18-38-37(17-29(30)9-1)45-25-47-39-19-31-11-3-4-12-32(31)20-40(39)49(54-47)27-51-43-23-35-15-7-8-16-36(35)24-44(43)52(56-51)28-50-42-22-34-14-6-5-13-33(34)21-41(42)48(55-50)26-46(38)53-45;24-19-13-11-18(12-14-19)23-17-22(15-16-25-23)26(20-7-3-1-4-8-20)21-9-5-2-6-10-21;1-16(2)12-7-8-15-13(9-12)10-3-5-11(14)6-4-10;12-8-4-5-9(10(13)7-8)11-3-1-2-6-14-11;12-10-6-4-9(5-7-10)11-3-1-2-8-13-11;1-4(6)3-5(2)7;;;;/h1-28H;1-11,13-17H;3,5-9H,1-2H3;1-4,6-7H;1-4,6-8H;3,6H,1-2H3;;;;/q;4*-1;;;;;. The van der Waals surface area contributed by atoms with Crippen LogP contribution in [0.4, 0.5) is 44.7 Å². The van der Waals surface area contributed by atoms with Crippen LogP contribution in [-0.4, -0.2) is 67.8 Å². The monoisotopic (exact) mass is 2500 g/mol. The number of nitrogens with zero attached hydrogens (tertiary/aromatic N) is 10. The van der Waals surface area contributed by atoms with Crippen LogP contribution in [0.25, 0.3) is 111 Å². The second kappa shape index (κ2) is 44.5. The first kappa shape index (κ1) is 97.5. The number of carbonyl (C=O) groups excluding carboxylic acids is 1. The Kier molecular flexibility index (Phi) is 31.9. The predicted octanol–water partition coefficient (Wildman–Crippen LogP) is 27.4. The van der Waals surface area contributed by atoms with E-state index in [0.717, 1.165) is 159 Å². The molecule has 21 heteroatoms. The van der Waals surface area contributed by atoms with Gasteiger partial charge in [-0.1, -0.05) is 181 Å². The Morgan fingerprint density at radius 3 is 0.912 bits per heavy atom. The number of halogens is 5. The molecule has 0 amide bonds. The van der Waals surface area contributed by atoms with Crippen molar-refractivity contribution in [2.75, 3.05) is 23.9 Å². The Labute approximate surface area is 838 Å². The number of aliphatic hydroxyl groups excluding tert-OH is 1. The maximum atomic E-state index is 13.2. The van der Waals surface area contributed by atoms with Crippen molar-refractivity contribution in [2.45, 2.75) is 13.8 Å². The van der Waals surface area contributed by atoms with E-state index in [4.69, 9.17) is 25.1 Å². The van der Waals surface area contributed by atoms with Gasteiger partial charge in [-0.05, 0) is 201 Å². The summed E-state index contributed by atoms with van der Waals surface area (Å²) in [5.74, 6) is -2.22. The van der Waals surface area contributed by atoms with Crippen LogP contribution in [0.3, 0.4) is 0 Å². The quantitative estimate of drug-likeness (QED) is 0.0651. The number of hydrogen-bond acceptors (Lipinski definition) is 12. The molecule has 9 heterocycles. The molecule has 0 saturated carbocycles. The van der Waals surface area contributed by atoms with Crippen LogP contribution in [0.5, 0.6) is 0 Å². The number of pyridine rings is 4. The summed E-state index contributed by atoms with van der Waals surface area (Å²) < 4.78 is 64.3. The Hall–Kier alpha value is -14.5. The molecule has 0 atom stereocenters. The van der Waals surface area contributed by atoms with Gasteiger partial charge in [0, 0.05) is 223 Å². The maximum Gasteiger partial charge on any atom is 0.155 e. The number of fused-ring (bicyclic) bond motifs is 20. The Morgan fingerprint density at radius 2 is 0.610 bits per heavy atom. The minimum Gasteiger partial charge on any atom is -0.512 e. The summed E-state index contributed by atoms with van der Waals surface area (Å²) in [4.78, 5) is 52.6. The van der Waals surface area contributed by atoms with Gasteiger partial charge in [-0.15, -0.1) is 102 Å². The van der Waals surface area contributed by atoms with Crippen molar-refractivity contribution in [3.8, 4) is 45.0 Å². The smallest absolute Gasteiger partial charge is 0.155 e. The van der Waals surface area contributed by atoms with Crippen molar-refractivity contribution in [3.05, 3.63) is 492 Å². The van der Waals surface area contributed by atoms with Crippen molar-refractivity contribution >= 4 is 117 Å². The van der Waals surface area contributed by atoms with Crippen molar-refractivity contribution in [1.82, 2.24) is 19.9 Å². The molecule has 18 aromatic rings. The van der Waals surface area contributed by atoms with Gasteiger partial charge in [-0.3, -0.25) is 26.7 Å². The van der Waals surface area contributed by atoms with Gasteiger partial charge in [0.15, 0.2) is 5.78 Å².